The molecule has 10 nitrogen and oxygen atoms in total. The minimum atomic E-state index is -3.35. The summed E-state index contributed by atoms with van der Waals surface area (Å²) in [6.07, 6.45) is 5.62. The summed E-state index contributed by atoms with van der Waals surface area (Å²) >= 11 is 0. The molecule has 1 N–H and O–H groups in total. The van der Waals surface area contributed by atoms with E-state index < -0.39 is 48.2 Å². The molecule has 4 fully saturated rings. The fourth-order valence-electron chi connectivity index (χ4n) is 9.05. The Balaban J connectivity index is 1.27. The van der Waals surface area contributed by atoms with Crippen molar-refractivity contribution in [2.45, 2.75) is 115 Å². The number of amides is 2. The first-order valence-corrected chi connectivity index (χ1v) is 17.7. The van der Waals surface area contributed by atoms with Crippen molar-refractivity contribution >= 4 is 28.8 Å². The van der Waals surface area contributed by atoms with Gasteiger partial charge in [0.2, 0.25) is 11.8 Å². The highest BCUT2D eigenvalue weighted by molar-refractivity contribution is 5.92. The molecule has 0 spiro atoms. The Morgan fingerprint density at radius 3 is 2.48 bits per heavy atom. The van der Waals surface area contributed by atoms with Crippen LogP contribution in [0.15, 0.2) is 18.2 Å². The Hall–Kier alpha value is -3.57. The predicted molar refractivity (Wildman–Crippen MR) is 172 cm³/mol. The van der Waals surface area contributed by atoms with Crippen molar-refractivity contribution in [1.29, 1.82) is 0 Å². The van der Waals surface area contributed by atoms with E-state index in [-0.39, 0.29) is 54.0 Å². The number of nitrogens with one attached hydrogen (secondary N) is 1. The Kier molecular flexibility index (Phi) is 8.95. The molecular weight excluding hydrogens is 622 g/mol. The first-order valence-electron chi connectivity index (χ1n) is 17.7. The van der Waals surface area contributed by atoms with Gasteiger partial charge < -0.3 is 24.4 Å². The van der Waals surface area contributed by atoms with E-state index in [2.05, 4.69) is 15.3 Å². The molecular formula is C36H46F2N4O6. The average Bonchev–Trinajstić information content (AvgIpc) is 3.63. The zero-order chi connectivity index (χ0) is 33.7. The lowest BCUT2D eigenvalue weighted by Crippen LogP contribution is -2.55. The molecule has 5 aliphatic rings. The molecule has 48 heavy (non-hydrogen) atoms. The van der Waals surface area contributed by atoms with E-state index in [9.17, 15) is 14.4 Å². The summed E-state index contributed by atoms with van der Waals surface area (Å²) in [4.78, 5) is 51.5. The first kappa shape index (κ1) is 33.0. The Labute approximate surface area is 279 Å². The quantitative estimate of drug-likeness (QED) is 0.412. The molecule has 2 bridgehead atoms. The predicted octanol–water partition coefficient (Wildman–Crippen LogP) is 6.19. The monoisotopic (exact) mass is 668 g/mol. The largest absolute Gasteiger partial charge is 0.497 e. The average molecular weight is 669 g/mol. The number of ketones is 1. The van der Waals surface area contributed by atoms with Crippen LogP contribution in [0, 0.1) is 29.6 Å². The number of hydrogen-bond donors (Lipinski definition) is 1. The molecule has 2 aliphatic heterocycles. The second-order valence-electron chi connectivity index (χ2n) is 14.8. The van der Waals surface area contributed by atoms with Crippen LogP contribution in [0.3, 0.4) is 0 Å². The third kappa shape index (κ3) is 6.31. The third-order valence-corrected chi connectivity index (χ3v) is 11.7. The van der Waals surface area contributed by atoms with Crippen LogP contribution in [0.1, 0.15) is 90.2 Å². The highest BCUT2D eigenvalue weighted by atomic mass is 19.3. The molecule has 1 aromatic carbocycles. The highest BCUT2D eigenvalue weighted by Crippen LogP contribution is 2.58. The van der Waals surface area contributed by atoms with Gasteiger partial charge in [0.05, 0.1) is 30.7 Å². The number of ether oxygens (including phenoxy) is 3. The summed E-state index contributed by atoms with van der Waals surface area (Å²) in [6, 6.07) is 3.13. The van der Waals surface area contributed by atoms with Crippen molar-refractivity contribution in [2.24, 2.45) is 29.6 Å². The number of nitrogens with zero attached hydrogens (tertiary/aromatic N) is 3. The molecule has 12 heteroatoms. The van der Waals surface area contributed by atoms with Crippen LogP contribution in [0.2, 0.25) is 0 Å². The molecule has 1 aromatic heterocycles. The fraction of sp³-hybridized carbons (Fsp3) is 0.694. The number of methoxy groups -OCH3 is 1. The van der Waals surface area contributed by atoms with Crippen LogP contribution < -0.4 is 14.8 Å². The third-order valence-electron chi connectivity index (χ3n) is 11.7. The van der Waals surface area contributed by atoms with E-state index in [0.29, 0.717) is 35.9 Å². The molecule has 2 unspecified atom stereocenters. The summed E-state index contributed by atoms with van der Waals surface area (Å²) in [5, 5.41) is 2.96. The van der Waals surface area contributed by atoms with Crippen LogP contribution in [0.4, 0.5) is 13.6 Å². The number of carbonyl (C=O) groups is 3. The standard InChI is InChI=1S/C36H46F2N4O6/c1-19-29-18-42(31(19)20(2)43)34(44)30(21-9-5-4-6-10-21)41-35(45)48-28-16-22-15-25(22)24(28)11-7-8-14-36(37,38)32-33(47-29)40-27-17-23(46-3)12-13-26(27)39-32/h12-13,17,19,21-22,24-25,28-31H,4-11,14-16,18H2,1-3H3,(H,41,45)/t19-,22?,24-,25?,28-,29+,30+,31+/m1/s1. The van der Waals surface area contributed by atoms with Crippen molar-refractivity contribution in [1.82, 2.24) is 20.2 Å². The van der Waals surface area contributed by atoms with Gasteiger partial charge in [-0.1, -0.05) is 32.6 Å². The molecule has 1 saturated heterocycles. The van der Waals surface area contributed by atoms with Crippen LogP contribution in [0.5, 0.6) is 11.6 Å². The molecule has 8 atom stereocenters. The SMILES string of the molecule is COc1ccc2nc3c(nc2c1)O[C@H]1CN(C(=O)[C@H](C2CCCCC2)NC(=O)O[C@@H]2CC4CC4[C@H]2CCCCC3(F)F)[C@H](C(C)=O)[C@@H]1C. The van der Waals surface area contributed by atoms with Crippen molar-refractivity contribution in [3.05, 3.63) is 23.9 Å². The van der Waals surface area contributed by atoms with E-state index in [1.54, 1.807) is 25.1 Å². The molecule has 3 heterocycles. The maximum atomic E-state index is 16.2. The van der Waals surface area contributed by atoms with E-state index in [1.165, 1.54) is 18.9 Å². The van der Waals surface area contributed by atoms with Gasteiger partial charge in [0, 0.05) is 18.4 Å². The first-order chi connectivity index (χ1) is 23.0. The van der Waals surface area contributed by atoms with E-state index in [4.69, 9.17) is 14.2 Å². The van der Waals surface area contributed by atoms with E-state index in [0.717, 1.165) is 44.9 Å². The van der Waals surface area contributed by atoms with Gasteiger partial charge in [0.15, 0.2) is 11.5 Å². The second kappa shape index (κ2) is 13.0. The minimum Gasteiger partial charge on any atom is -0.497 e. The lowest BCUT2D eigenvalue weighted by Gasteiger charge is -2.35. The number of halogens is 2. The zero-order valence-electron chi connectivity index (χ0n) is 28.0. The maximum Gasteiger partial charge on any atom is 0.408 e. The van der Waals surface area contributed by atoms with Gasteiger partial charge in [-0.3, -0.25) is 9.59 Å². The van der Waals surface area contributed by atoms with Gasteiger partial charge in [-0.2, -0.15) is 8.78 Å². The van der Waals surface area contributed by atoms with Gasteiger partial charge >= 0.3 is 6.09 Å². The maximum absolute atomic E-state index is 16.2. The molecule has 0 radical (unpaired) electrons. The van der Waals surface area contributed by atoms with Crippen molar-refractivity contribution in [3.8, 4) is 11.6 Å². The summed E-state index contributed by atoms with van der Waals surface area (Å²) in [5.74, 6) is -3.39. The molecule has 260 valence electrons. The number of hydrogen-bond acceptors (Lipinski definition) is 8. The Bertz CT molecular complexity index is 1570. The summed E-state index contributed by atoms with van der Waals surface area (Å²) in [5.41, 5.74) is 0.0723. The lowest BCUT2D eigenvalue weighted by atomic mass is 9.83. The van der Waals surface area contributed by atoms with E-state index >= 15 is 8.78 Å². The number of alkyl halides is 2. The zero-order valence-corrected chi connectivity index (χ0v) is 28.0. The summed E-state index contributed by atoms with van der Waals surface area (Å²) in [6.45, 7) is 3.18. The van der Waals surface area contributed by atoms with Gasteiger partial charge in [-0.25, -0.2) is 14.8 Å². The van der Waals surface area contributed by atoms with Crippen molar-refractivity contribution in [2.75, 3.05) is 13.7 Å². The van der Waals surface area contributed by atoms with Gasteiger partial charge in [0.25, 0.3) is 5.92 Å². The Morgan fingerprint density at radius 2 is 1.73 bits per heavy atom. The fourth-order valence-corrected chi connectivity index (χ4v) is 9.05. The topological polar surface area (TPSA) is 120 Å². The molecule has 2 amide bonds. The van der Waals surface area contributed by atoms with Gasteiger partial charge in [0.1, 0.15) is 24.0 Å². The molecule has 3 aliphatic carbocycles. The van der Waals surface area contributed by atoms with Crippen molar-refractivity contribution in [3.63, 3.8) is 0 Å². The smallest absolute Gasteiger partial charge is 0.408 e. The van der Waals surface area contributed by atoms with Crippen LogP contribution in [-0.4, -0.2) is 70.6 Å². The number of alkyl carbamates (subject to hydrolysis) is 1. The normalized spacial score (nSPS) is 34.1. The molecule has 3 saturated carbocycles. The highest BCUT2D eigenvalue weighted by Gasteiger charge is 2.55. The van der Waals surface area contributed by atoms with Gasteiger partial charge in [-0.05, 0) is 81.3 Å². The number of Topliss-reactive ketones (excluding diaryl/α,β-unsaturated/α-hetero) is 1. The van der Waals surface area contributed by atoms with Crippen LogP contribution in [0.25, 0.3) is 11.0 Å². The van der Waals surface area contributed by atoms with Gasteiger partial charge in [-0.15, -0.1) is 0 Å². The summed E-state index contributed by atoms with van der Waals surface area (Å²) < 4.78 is 50.0. The summed E-state index contributed by atoms with van der Waals surface area (Å²) in [7, 11) is 1.51. The number of carbonyl (C=O) groups excluding carboxylic acids is 3. The molecule has 2 aromatic rings. The molecule has 7 rings (SSSR count). The Morgan fingerprint density at radius 1 is 0.958 bits per heavy atom. The lowest BCUT2D eigenvalue weighted by molar-refractivity contribution is -0.140. The van der Waals surface area contributed by atoms with E-state index in [1.807, 2.05) is 0 Å². The van der Waals surface area contributed by atoms with Crippen LogP contribution >= 0.6 is 0 Å². The number of fused-ring (bicyclic) bond motifs is 7. The van der Waals surface area contributed by atoms with Crippen LogP contribution in [-0.2, 0) is 20.2 Å². The number of benzene rings is 1. The minimum absolute atomic E-state index is 0.0267. The second-order valence-corrected chi connectivity index (χ2v) is 14.8. The number of aromatic nitrogens is 2. The van der Waals surface area contributed by atoms with Crippen molar-refractivity contribution < 1.29 is 37.4 Å². The number of rotatable bonds is 3.